The van der Waals surface area contributed by atoms with Crippen LogP contribution in [0.25, 0.3) is 11.3 Å². The summed E-state index contributed by atoms with van der Waals surface area (Å²) in [6, 6.07) is 9.92. The van der Waals surface area contributed by atoms with E-state index >= 15 is 0 Å². The third kappa shape index (κ3) is 2.86. The lowest BCUT2D eigenvalue weighted by Gasteiger charge is -1.99. The van der Waals surface area contributed by atoms with E-state index in [2.05, 4.69) is 20.7 Å². The van der Waals surface area contributed by atoms with Crippen molar-refractivity contribution in [3.63, 3.8) is 0 Å². The van der Waals surface area contributed by atoms with E-state index < -0.39 is 0 Å². The normalized spacial score (nSPS) is 14.4. The van der Waals surface area contributed by atoms with Crippen LogP contribution in [0.5, 0.6) is 0 Å². The second-order valence-electron chi connectivity index (χ2n) is 5.11. The van der Waals surface area contributed by atoms with E-state index in [1.165, 1.54) is 0 Å². The topological polar surface area (TPSA) is 69.6 Å². The molecule has 0 radical (unpaired) electrons. The van der Waals surface area contributed by atoms with Crippen LogP contribution in [-0.4, -0.2) is 25.4 Å². The standard InChI is InChI=1S/C14H12ClN5OS/c15-10-3-1-9(2-4-10)13-7-12(21-17-13)8-22-14-16-18-19-20(14)11-5-6-11/h1-4,7,11H,5-6,8H2. The number of aromatic nitrogens is 5. The molecule has 112 valence electrons. The van der Waals surface area contributed by atoms with Crippen molar-refractivity contribution in [2.24, 2.45) is 0 Å². The van der Waals surface area contributed by atoms with Crippen LogP contribution in [0.2, 0.25) is 5.02 Å². The van der Waals surface area contributed by atoms with Crippen LogP contribution in [0, 0.1) is 0 Å². The van der Waals surface area contributed by atoms with E-state index in [9.17, 15) is 0 Å². The lowest BCUT2D eigenvalue weighted by molar-refractivity contribution is 0.397. The van der Waals surface area contributed by atoms with Crippen molar-refractivity contribution in [3.8, 4) is 11.3 Å². The predicted octanol–water partition coefficient (Wildman–Crippen LogP) is 3.61. The van der Waals surface area contributed by atoms with E-state index in [1.54, 1.807) is 11.8 Å². The SMILES string of the molecule is Clc1ccc(-c2cc(CSc3nnnn3C3CC3)on2)cc1. The molecule has 2 heterocycles. The van der Waals surface area contributed by atoms with Gasteiger partial charge in [0, 0.05) is 16.7 Å². The van der Waals surface area contributed by atoms with Gasteiger partial charge in [0.1, 0.15) is 11.5 Å². The highest BCUT2D eigenvalue weighted by atomic mass is 35.5. The molecule has 8 heteroatoms. The van der Waals surface area contributed by atoms with E-state index in [0.717, 1.165) is 35.0 Å². The molecule has 0 saturated heterocycles. The zero-order valence-corrected chi connectivity index (χ0v) is 13.1. The summed E-state index contributed by atoms with van der Waals surface area (Å²) < 4.78 is 7.27. The molecule has 2 aromatic heterocycles. The number of hydrogen-bond acceptors (Lipinski definition) is 6. The minimum atomic E-state index is 0.469. The number of rotatable bonds is 5. The molecule has 3 aromatic rings. The van der Waals surface area contributed by atoms with Gasteiger partial charge in [0.15, 0.2) is 0 Å². The monoisotopic (exact) mass is 333 g/mol. The number of nitrogens with zero attached hydrogens (tertiary/aromatic N) is 5. The van der Waals surface area contributed by atoms with Gasteiger partial charge in [-0.3, -0.25) is 0 Å². The average molecular weight is 334 g/mol. The maximum Gasteiger partial charge on any atom is 0.210 e. The van der Waals surface area contributed by atoms with Crippen LogP contribution < -0.4 is 0 Å². The molecule has 6 nitrogen and oxygen atoms in total. The Morgan fingerprint density at radius 2 is 2.09 bits per heavy atom. The summed E-state index contributed by atoms with van der Waals surface area (Å²) in [5.74, 6) is 1.44. The second kappa shape index (κ2) is 5.73. The highest BCUT2D eigenvalue weighted by Crippen LogP contribution is 2.37. The zero-order chi connectivity index (χ0) is 14.9. The summed E-state index contributed by atoms with van der Waals surface area (Å²) in [6.45, 7) is 0. The molecular formula is C14H12ClN5OS. The first-order valence-corrected chi connectivity index (χ1v) is 8.28. The van der Waals surface area contributed by atoms with Crippen molar-refractivity contribution in [1.29, 1.82) is 0 Å². The smallest absolute Gasteiger partial charge is 0.210 e. The van der Waals surface area contributed by atoms with E-state index in [1.807, 2.05) is 35.0 Å². The van der Waals surface area contributed by atoms with Gasteiger partial charge in [-0.05, 0) is 35.4 Å². The Kier molecular flexibility index (Phi) is 3.59. The van der Waals surface area contributed by atoms with Gasteiger partial charge < -0.3 is 4.52 Å². The van der Waals surface area contributed by atoms with Crippen LogP contribution in [0.15, 0.2) is 40.0 Å². The molecule has 0 bridgehead atoms. The fourth-order valence-electron chi connectivity index (χ4n) is 2.10. The van der Waals surface area contributed by atoms with Gasteiger partial charge in [-0.15, -0.1) is 5.10 Å². The van der Waals surface area contributed by atoms with Crippen molar-refractivity contribution in [2.75, 3.05) is 0 Å². The van der Waals surface area contributed by atoms with Gasteiger partial charge in [0.05, 0.1) is 11.8 Å². The largest absolute Gasteiger partial charge is 0.360 e. The molecule has 0 spiro atoms. The molecule has 0 unspecified atom stereocenters. The Balaban J connectivity index is 1.45. The van der Waals surface area contributed by atoms with E-state index in [-0.39, 0.29) is 0 Å². The van der Waals surface area contributed by atoms with Gasteiger partial charge in [-0.1, -0.05) is 40.7 Å². The molecule has 0 atom stereocenters. The highest BCUT2D eigenvalue weighted by Gasteiger charge is 2.28. The summed E-state index contributed by atoms with van der Waals surface area (Å²) in [5.41, 5.74) is 1.78. The van der Waals surface area contributed by atoms with Gasteiger partial charge >= 0.3 is 0 Å². The van der Waals surface area contributed by atoms with Crippen molar-refractivity contribution >= 4 is 23.4 Å². The molecular weight excluding hydrogens is 322 g/mol. The molecule has 1 aromatic carbocycles. The van der Waals surface area contributed by atoms with Crippen LogP contribution in [0.3, 0.4) is 0 Å². The molecule has 0 aliphatic heterocycles. The Bertz CT molecular complexity index is 781. The Hall–Kier alpha value is -1.86. The summed E-state index contributed by atoms with van der Waals surface area (Å²) in [6.07, 6.45) is 2.31. The maximum absolute atomic E-state index is 5.89. The van der Waals surface area contributed by atoms with Crippen LogP contribution >= 0.6 is 23.4 Å². The summed E-state index contributed by atoms with van der Waals surface area (Å²) in [4.78, 5) is 0. The van der Waals surface area contributed by atoms with Gasteiger partial charge in [-0.25, -0.2) is 4.68 Å². The van der Waals surface area contributed by atoms with Crippen molar-refractivity contribution < 1.29 is 4.52 Å². The first-order chi connectivity index (χ1) is 10.8. The quantitative estimate of drug-likeness (QED) is 0.664. The molecule has 4 rings (SSSR count). The number of benzene rings is 1. The number of hydrogen-bond donors (Lipinski definition) is 0. The zero-order valence-electron chi connectivity index (χ0n) is 11.5. The van der Waals surface area contributed by atoms with Crippen LogP contribution in [0.4, 0.5) is 0 Å². The van der Waals surface area contributed by atoms with Crippen LogP contribution in [-0.2, 0) is 5.75 Å². The fourth-order valence-corrected chi connectivity index (χ4v) is 3.05. The van der Waals surface area contributed by atoms with Gasteiger partial charge in [-0.2, -0.15) is 0 Å². The van der Waals surface area contributed by atoms with E-state index in [4.69, 9.17) is 16.1 Å². The minimum Gasteiger partial charge on any atom is -0.360 e. The molecule has 1 fully saturated rings. The first kappa shape index (κ1) is 13.8. The van der Waals surface area contributed by atoms with Crippen LogP contribution in [0.1, 0.15) is 24.6 Å². The molecule has 1 aliphatic rings. The lowest BCUT2D eigenvalue weighted by Crippen LogP contribution is -1.98. The Morgan fingerprint density at radius 1 is 1.27 bits per heavy atom. The first-order valence-electron chi connectivity index (χ1n) is 6.92. The van der Waals surface area contributed by atoms with Crippen molar-refractivity contribution in [2.45, 2.75) is 29.8 Å². The van der Waals surface area contributed by atoms with E-state index in [0.29, 0.717) is 16.8 Å². The third-order valence-electron chi connectivity index (χ3n) is 3.40. The maximum atomic E-state index is 5.89. The van der Waals surface area contributed by atoms with Gasteiger partial charge in [0.2, 0.25) is 5.16 Å². The predicted molar refractivity (Wildman–Crippen MR) is 82.6 cm³/mol. The number of halogens is 1. The molecule has 0 amide bonds. The second-order valence-corrected chi connectivity index (χ2v) is 6.49. The highest BCUT2D eigenvalue weighted by molar-refractivity contribution is 7.98. The van der Waals surface area contributed by atoms with Crippen molar-refractivity contribution in [3.05, 3.63) is 41.1 Å². The summed E-state index contributed by atoms with van der Waals surface area (Å²) in [7, 11) is 0. The Morgan fingerprint density at radius 3 is 2.86 bits per heavy atom. The number of tetrazole rings is 1. The minimum absolute atomic E-state index is 0.469. The molecule has 1 aliphatic carbocycles. The Labute approximate surface area is 135 Å². The summed E-state index contributed by atoms with van der Waals surface area (Å²) >= 11 is 7.45. The van der Waals surface area contributed by atoms with Gasteiger partial charge in [0.25, 0.3) is 0 Å². The lowest BCUT2D eigenvalue weighted by atomic mass is 10.1. The van der Waals surface area contributed by atoms with Crippen molar-refractivity contribution in [1.82, 2.24) is 25.4 Å². The molecule has 22 heavy (non-hydrogen) atoms. The summed E-state index contributed by atoms with van der Waals surface area (Å²) in [5, 5.41) is 17.4. The average Bonchev–Trinajstić information content (AvgIpc) is 3.09. The fraction of sp³-hybridized carbons (Fsp3) is 0.286. The third-order valence-corrected chi connectivity index (χ3v) is 4.61. The number of thioether (sulfide) groups is 1. The molecule has 0 N–H and O–H groups in total. The molecule has 1 saturated carbocycles.